The number of unbranched alkanes of at least 4 members (excludes halogenated alkanes) is 1. The highest BCUT2D eigenvalue weighted by Crippen LogP contribution is 2.19. The molecule has 1 rings (SSSR count). The predicted molar refractivity (Wildman–Crippen MR) is 79.8 cm³/mol. The predicted octanol–water partition coefficient (Wildman–Crippen LogP) is 1.90. The lowest BCUT2D eigenvalue weighted by Gasteiger charge is -2.14. The number of rotatable bonds is 10. The summed E-state index contributed by atoms with van der Waals surface area (Å²) in [7, 11) is -3.22. The molecule has 1 unspecified atom stereocenters. The Bertz CT molecular complexity index is 432. The van der Waals surface area contributed by atoms with Crippen LogP contribution in [0.1, 0.15) is 44.2 Å². The average Bonchev–Trinajstić information content (AvgIpc) is 2.89. The van der Waals surface area contributed by atoms with Crippen molar-refractivity contribution in [2.45, 2.75) is 39.2 Å². The summed E-state index contributed by atoms with van der Waals surface area (Å²) < 4.78 is 26.7. The Kier molecular flexibility index (Phi) is 7.52. The zero-order valence-electron chi connectivity index (χ0n) is 11.6. The SMILES string of the molecule is CCNCCCCS(=O)(=O)NC(CC)c1nccs1. The van der Waals surface area contributed by atoms with Crippen LogP contribution in [0.5, 0.6) is 0 Å². The molecule has 0 aliphatic carbocycles. The van der Waals surface area contributed by atoms with E-state index in [9.17, 15) is 8.42 Å². The van der Waals surface area contributed by atoms with Gasteiger partial charge in [0, 0.05) is 11.6 Å². The first-order chi connectivity index (χ1) is 9.09. The zero-order valence-corrected chi connectivity index (χ0v) is 13.2. The van der Waals surface area contributed by atoms with Gasteiger partial charge in [0.1, 0.15) is 5.01 Å². The van der Waals surface area contributed by atoms with Gasteiger partial charge < -0.3 is 5.32 Å². The number of aromatic nitrogens is 1. The lowest BCUT2D eigenvalue weighted by Crippen LogP contribution is -2.30. The third-order valence-electron chi connectivity index (χ3n) is 2.75. The summed E-state index contributed by atoms with van der Waals surface area (Å²) in [4.78, 5) is 4.17. The molecule has 0 amide bonds. The van der Waals surface area contributed by atoms with Crippen LogP contribution in [0.25, 0.3) is 0 Å². The maximum atomic E-state index is 12.0. The van der Waals surface area contributed by atoms with E-state index in [1.54, 1.807) is 6.20 Å². The molecule has 1 aromatic rings. The molecule has 0 aromatic carbocycles. The Balaban J connectivity index is 2.40. The highest BCUT2D eigenvalue weighted by atomic mass is 32.2. The number of sulfonamides is 1. The van der Waals surface area contributed by atoms with Crippen LogP contribution in [-0.4, -0.2) is 32.2 Å². The summed E-state index contributed by atoms with van der Waals surface area (Å²) in [5.41, 5.74) is 0. The molecule has 0 saturated heterocycles. The van der Waals surface area contributed by atoms with Gasteiger partial charge in [-0.25, -0.2) is 18.1 Å². The molecule has 0 aliphatic heterocycles. The summed E-state index contributed by atoms with van der Waals surface area (Å²) in [5, 5.41) is 5.88. The minimum Gasteiger partial charge on any atom is -0.317 e. The van der Waals surface area contributed by atoms with Crippen LogP contribution in [-0.2, 0) is 10.0 Å². The molecule has 0 radical (unpaired) electrons. The summed E-state index contributed by atoms with van der Waals surface area (Å²) in [6, 6.07) is -0.196. The van der Waals surface area contributed by atoms with Crippen molar-refractivity contribution in [2.24, 2.45) is 0 Å². The molecule has 1 atom stereocenters. The second-order valence-electron chi connectivity index (χ2n) is 4.33. The van der Waals surface area contributed by atoms with Gasteiger partial charge in [-0.1, -0.05) is 13.8 Å². The Labute approximate surface area is 119 Å². The second-order valence-corrected chi connectivity index (χ2v) is 7.13. The van der Waals surface area contributed by atoms with Crippen LogP contribution < -0.4 is 10.0 Å². The molecule has 0 bridgehead atoms. The third kappa shape index (κ3) is 6.47. The molecule has 0 aliphatic rings. The molecule has 1 heterocycles. The normalized spacial score (nSPS) is 13.6. The average molecular weight is 305 g/mol. The molecule has 0 fully saturated rings. The van der Waals surface area contributed by atoms with Gasteiger partial charge >= 0.3 is 0 Å². The van der Waals surface area contributed by atoms with Gasteiger partial charge in [0.05, 0.1) is 11.8 Å². The number of hydrogen-bond acceptors (Lipinski definition) is 5. The molecule has 0 spiro atoms. The topological polar surface area (TPSA) is 71.1 Å². The molecule has 1 aromatic heterocycles. The van der Waals surface area contributed by atoms with Crippen LogP contribution in [0.4, 0.5) is 0 Å². The monoisotopic (exact) mass is 305 g/mol. The largest absolute Gasteiger partial charge is 0.317 e. The van der Waals surface area contributed by atoms with E-state index in [1.165, 1.54) is 11.3 Å². The highest BCUT2D eigenvalue weighted by molar-refractivity contribution is 7.89. The quantitative estimate of drug-likeness (QED) is 0.648. The maximum absolute atomic E-state index is 12.0. The van der Waals surface area contributed by atoms with E-state index >= 15 is 0 Å². The number of nitrogens with zero attached hydrogens (tertiary/aromatic N) is 1. The molecule has 7 heteroatoms. The standard InChI is InChI=1S/C12H23N3O2S2/c1-3-11(12-14-8-9-18-12)15-19(16,17)10-6-5-7-13-4-2/h8-9,11,13,15H,3-7,10H2,1-2H3. The van der Waals surface area contributed by atoms with Crippen LogP contribution in [0.3, 0.4) is 0 Å². The van der Waals surface area contributed by atoms with Crippen LogP contribution in [0, 0.1) is 0 Å². The van der Waals surface area contributed by atoms with E-state index in [0.29, 0.717) is 12.8 Å². The molecular weight excluding hydrogens is 282 g/mol. The Morgan fingerprint density at radius 2 is 2.16 bits per heavy atom. The zero-order chi connectivity index (χ0) is 14.1. The van der Waals surface area contributed by atoms with Crippen molar-refractivity contribution < 1.29 is 8.42 Å². The Morgan fingerprint density at radius 3 is 2.74 bits per heavy atom. The van der Waals surface area contributed by atoms with Crippen molar-refractivity contribution in [3.63, 3.8) is 0 Å². The highest BCUT2D eigenvalue weighted by Gasteiger charge is 2.19. The van der Waals surface area contributed by atoms with Gasteiger partial charge in [0.2, 0.25) is 10.0 Å². The van der Waals surface area contributed by atoms with Gasteiger partial charge in [0.25, 0.3) is 0 Å². The Morgan fingerprint density at radius 1 is 1.37 bits per heavy atom. The lowest BCUT2D eigenvalue weighted by molar-refractivity contribution is 0.544. The summed E-state index contributed by atoms with van der Waals surface area (Å²) in [6.07, 6.45) is 3.97. The van der Waals surface area contributed by atoms with Gasteiger partial charge in [-0.05, 0) is 32.4 Å². The Hall–Kier alpha value is -0.500. The first-order valence-corrected chi connectivity index (χ1v) is 9.22. The molecule has 2 N–H and O–H groups in total. The molecule has 0 saturated carbocycles. The van der Waals surface area contributed by atoms with Gasteiger partial charge in [-0.2, -0.15) is 0 Å². The second kappa shape index (κ2) is 8.63. The van der Waals surface area contributed by atoms with Crippen molar-refractivity contribution in [3.8, 4) is 0 Å². The van der Waals surface area contributed by atoms with E-state index in [1.807, 2.05) is 19.2 Å². The van der Waals surface area contributed by atoms with Gasteiger partial charge in [0.15, 0.2) is 0 Å². The van der Waals surface area contributed by atoms with Crippen molar-refractivity contribution in [2.75, 3.05) is 18.8 Å². The van der Waals surface area contributed by atoms with Crippen molar-refractivity contribution in [1.29, 1.82) is 0 Å². The van der Waals surface area contributed by atoms with E-state index in [-0.39, 0.29) is 11.8 Å². The summed E-state index contributed by atoms with van der Waals surface area (Å²) in [6.45, 7) is 5.79. The smallest absolute Gasteiger partial charge is 0.212 e. The summed E-state index contributed by atoms with van der Waals surface area (Å²) >= 11 is 1.48. The van der Waals surface area contributed by atoms with Crippen molar-refractivity contribution in [3.05, 3.63) is 16.6 Å². The van der Waals surface area contributed by atoms with E-state index in [4.69, 9.17) is 0 Å². The fraction of sp³-hybridized carbons (Fsp3) is 0.750. The van der Waals surface area contributed by atoms with Gasteiger partial charge in [-0.3, -0.25) is 0 Å². The fourth-order valence-electron chi connectivity index (χ4n) is 1.71. The van der Waals surface area contributed by atoms with Gasteiger partial charge in [-0.15, -0.1) is 11.3 Å². The maximum Gasteiger partial charge on any atom is 0.212 e. The minimum atomic E-state index is -3.22. The molecule has 110 valence electrons. The number of thiazole rings is 1. The number of hydrogen-bond donors (Lipinski definition) is 2. The van der Waals surface area contributed by atoms with Crippen molar-refractivity contribution >= 4 is 21.4 Å². The molecular formula is C12H23N3O2S2. The minimum absolute atomic E-state index is 0.181. The molecule has 5 nitrogen and oxygen atoms in total. The van der Waals surface area contributed by atoms with E-state index in [2.05, 4.69) is 15.0 Å². The third-order valence-corrected chi connectivity index (χ3v) is 5.11. The molecule has 19 heavy (non-hydrogen) atoms. The fourth-order valence-corrected chi connectivity index (χ4v) is 3.97. The van der Waals surface area contributed by atoms with Crippen LogP contribution in [0.15, 0.2) is 11.6 Å². The first-order valence-electron chi connectivity index (χ1n) is 6.69. The van der Waals surface area contributed by atoms with E-state index in [0.717, 1.165) is 24.5 Å². The van der Waals surface area contributed by atoms with Crippen LogP contribution in [0.2, 0.25) is 0 Å². The first kappa shape index (κ1) is 16.6. The number of nitrogens with one attached hydrogen (secondary N) is 2. The lowest BCUT2D eigenvalue weighted by atomic mass is 10.3. The van der Waals surface area contributed by atoms with Crippen molar-refractivity contribution in [1.82, 2.24) is 15.0 Å². The van der Waals surface area contributed by atoms with Crippen LogP contribution >= 0.6 is 11.3 Å². The van der Waals surface area contributed by atoms with E-state index < -0.39 is 10.0 Å². The summed E-state index contributed by atoms with van der Waals surface area (Å²) in [5.74, 6) is 0.181.